The summed E-state index contributed by atoms with van der Waals surface area (Å²) < 4.78 is 0. The van der Waals surface area contributed by atoms with Crippen molar-refractivity contribution in [1.29, 1.82) is 0 Å². The molecule has 0 aromatic carbocycles. The van der Waals surface area contributed by atoms with E-state index in [0.29, 0.717) is 0 Å². The Kier molecular flexibility index (Phi) is 4.26. The van der Waals surface area contributed by atoms with Crippen LogP contribution >= 0.6 is 22.7 Å². The van der Waals surface area contributed by atoms with Crippen LogP contribution in [-0.4, -0.2) is 42.0 Å². The summed E-state index contributed by atoms with van der Waals surface area (Å²) in [6, 6.07) is 2.04. The highest BCUT2D eigenvalue weighted by Gasteiger charge is 2.24. The van der Waals surface area contributed by atoms with Gasteiger partial charge in [0.15, 0.2) is 5.13 Å². The van der Waals surface area contributed by atoms with Gasteiger partial charge in [-0.25, -0.2) is 4.98 Å². The molecular weight excluding hydrogens is 302 g/mol. The lowest BCUT2D eigenvalue weighted by molar-refractivity contribution is 0.0751. The first-order valence-corrected chi connectivity index (χ1v) is 8.91. The maximum Gasteiger partial charge on any atom is 0.264 e. The third-order valence-electron chi connectivity index (χ3n) is 3.81. The van der Waals surface area contributed by atoms with Gasteiger partial charge in [0, 0.05) is 42.6 Å². The Labute approximate surface area is 133 Å². The third-order valence-corrected chi connectivity index (χ3v) is 6.01. The van der Waals surface area contributed by atoms with Gasteiger partial charge in [-0.3, -0.25) is 4.79 Å². The van der Waals surface area contributed by atoms with Gasteiger partial charge in [0.05, 0.1) is 4.88 Å². The summed E-state index contributed by atoms with van der Waals surface area (Å²) >= 11 is 3.30. The van der Waals surface area contributed by atoms with Crippen molar-refractivity contribution in [3.63, 3.8) is 0 Å². The van der Waals surface area contributed by atoms with Gasteiger partial charge in [-0.1, -0.05) is 6.92 Å². The van der Waals surface area contributed by atoms with Crippen LogP contribution in [0.3, 0.4) is 0 Å². The molecule has 4 nitrogen and oxygen atoms in total. The molecule has 0 N–H and O–H groups in total. The largest absolute Gasteiger partial charge is 0.345 e. The maximum atomic E-state index is 12.6. The van der Waals surface area contributed by atoms with Crippen LogP contribution in [0.2, 0.25) is 0 Å². The number of nitrogens with zero attached hydrogens (tertiary/aromatic N) is 3. The van der Waals surface area contributed by atoms with Crippen LogP contribution in [0, 0.1) is 6.92 Å². The fourth-order valence-electron chi connectivity index (χ4n) is 2.60. The molecule has 1 aliphatic rings. The van der Waals surface area contributed by atoms with Crippen molar-refractivity contribution in [3.05, 3.63) is 33.0 Å². The van der Waals surface area contributed by atoms with Crippen molar-refractivity contribution in [2.75, 3.05) is 31.1 Å². The van der Waals surface area contributed by atoms with E-state index in [1.807, 2.05) is 22.5 Å². The second kappa shape index (κ2) is 6.15. The van der Waals surface area contributed by atoms with Crippen molar-refractivity contribution in [3.8, 4) is 0 Å². The summed E-state index contributed by atoms with van der Waals surface area (Å²) in [7, 11) is 0. The summed E-state index contributed by atoms with van der Waals surface area (Å²) in [4.78, 5) is 23.3. The average molecular weight is 321 g/mol. The second-order valence-corrected chi connectivity index (χ2v) is 7.17. The lowest BCUT2D eigenvalue weighted by Gasteiger charge is -2.34. The molecule has 0 unspecified atom stereocenters. The number of hydrogen-bond donors (Lipinski definition) is 0. The zero-order valence-electron chi connectivity index (χ0n) is 12.3. The van der Waals surface area contributed by atoms with E-state index >= 15 is 0 Å². The Morgan fingerprint density at radius 2 is 2.10 bits per heavy atom. The first-order valence-electron chi connectivity index (χ1n) is 7.22. The molecular formula is C15H19N3OS2. The van der Waals surface area contributed by atoms with Gasteiger partial charge in [-0.2, -0.15) is 0 Å². The van der Waals surface area contributed by atoms with Crippen LogP contribution in [-0.2, 0) is 6.42 Å². The number of thiazole rings is 1. The van der Waals surface area contributed by atoms with Crippen molar-refractivity contribution < 1.29 is 4.79 Å². The summed E-state index contributed by atoms with van der Waals surface area (Å²) in [5, 5.41) is 3.05. The second-order valence-electron chi connectivity index (χ2n) is 5.16. The number of amides is 1. The molecule has 0 saturated carbocycles. The number of thiophene rings is 1. The van der Waals surface area contributed by atoms with Crippen LogP contribution in [0.25, 0.3) is 0 Å². The van der Waals surface area contributed by atoms with E-state index in [1.165, 1.54) is 10.4 Å². The zero-order valence-corrected chi connectivity index (χ0v) is 14.0. The van der Waals surface area contributed by atoms with Gasteiger partial charge in [0.1, 0.15) is 0 Å². The van der Waals surface area contributed by atoms with E-state index in [9.17, 15) is 4.79 Å². The monoisotopic (exact) mass is 321 g/mol. The highest BCUT2D eigenvalue weighted by Crippen LogP contribution is 2.25. The number of rotatable bonds is 3. The molecule has 1 aliphatic heterocycles. The average Bonchev–Trinajstić information content (AvgIpc) is 3.16. The molecule has 0 radical (unpaired) electrons. The fourth-order valence-corrected chi connectivity index (χ4v) is 4.38. The first kappa shape index (κ1) is 14.5. The number of carbonyl (C=O) groups excluding carboxylic acids is 1. The molecule has 6 heteroatoms. The number of aromatic nitrogens is 1. The molecule has 0 spiro atoms. The standard InChI is InChI=1S/C15H19N3OS2/c1-3-12-11(2)10-13(21-12)14(19)17-5-7-18(8-6-17)15-16-4-9-20-15/h4,9-10H,3,5-8H2,1-2H3. The minimum Gasteiger partial charge on any atom is -0.345 e. The molecule has 0 bridgehead atoms. The number of aryl methyl sites for hydroxylation is 2. The molecule has 1 saturated heterocycles. The van der Waals surface area contributed by atoms with Gasteiger partial charge in [0.2, 0.25) is 0 Å². The van der Waals surface area contributed by atoms with Gasteiger partial charge >= 0.3 is 0 Å². The smallest absolute Gasteiger partial charge is 0.264 e. The number of piperazine rings is 1. The minimum absolute atomic E-state index is 0.182. The highest BCUT2D eigenvalue weighted by molar-refractivity contribution is 7.14. The minimum atomic E-state index is 0.182. The molecule has 1 amide bonds. The van der Waals surface area contributed by atoms with E-state index < -0.39 is 0 Å². The zero-order chi connectivity index (χ0) is 14.8. The fraction of sp³-hybridized carbons (Fsp3) is 0.467. The van der Waals surface area contributed by atoms with Gasteiger partial charge in [0.25, 0.3) is 5.91 Å². The number of anilines is 1. The molecule has 3 heterocycles. The predicted molar refractivity (Wildman–Crippen MR) is 88.7 cm³/mol. The van der Waals surface area contributed by atoms with Crippen LogP contribution < -0.4 is 4.90 Å². The van der Waals surface area contributed by atoms with E-state index in [2.05, 4.69) is 23.7 Å². The molecule has 1 fully saturated rings. The van der Waals surface area contributed by atoms with Crippen LogP contribution in [0.15, 0.2) is 17.6 Å². The van der Waals surface area contributed by atoms with Gasteiger partial charge in [-0.15, -0.1) is 22.7 Å². The lowest BCUT2D eigenvalue weighted by Crippen LogP contribution is -2.48. The summed E-state index contributed by atoms with van der Waals surface area (Å²) in [6.45, 7) is 7.51. The maximum absolute atomic E-state index is 12.6. The van der Waals surface area contributed by atoms with Crippen molar-refractivity contribution >= 4 is 33.7 Å². The number of hydrogen-bond acceptors (Lipinski definition) is 5. The molecule has 21 heavy (non-hydrogen) atoms. The van der Waals surface area contributed by atoms with Gasteiger partial charge < -0.3 is 9.80 Å². The third kappa shape index (κ3) is 2.96. The molecule has 2 aromatic heterocycles. The van der Waals surface area contributed by atoms with E-state index in [1.54, 1.807) is 22.7 Å². The van der Waals surface area contributed by atoms with Crippen molar-refractivity contribution in [1.82, 2.24) is 9.88 Å². The Balaban J connectivity index is 1.64. The highest BCUT2D eigenvalue weighted by atomic mass is 32.1. The molecule has 0 aliphatic carbocycles. The quantitative estimate of drug-likeness (QED) is 0.872. The van der Waals surface area contributed by atoms with E-state index in [0.717, 1.165) is 42.6 Å². The molecule has 3 rings (SSSR count). The van der Waals surface area contributed by atoms with Gasteiger partial charge in [-0.05, 0) is 25.0 Å². The predicted octanol–water partition coefficient (Wildman–Crippen LogP) is 3.04. The molecule has 2 aromatic rings. The number of carbonyl (C=O) groups is 1. The normalized spacial score (nSPS) is 15.5. The Morgan fingerprint density at radius 1 is 1.33 bits per heavy atom. The summed E-state index contributed by atoms with van der Waals surface area (Å²) in [5.74, 6) is 0.182. The Morgan fingerprint density at radius 3 is 2.67 bits per heavy atom. The molecule has 0 atom stereocenters. The topological polar surface area (TPSA) is 36.4 Å². The van der Waals surface area contributed by atoms with Crippen LogP contribution in [0.5, 0.6) is 0 Å². The summed E-state index contributed by atoms with van der Waals surface area (Å²) in [5.41, 5.74) is 1.24. The Hall–Kier alpha value is -1.40. The van der Waals surface area contributed by atoms with E-state index in [-0.39, 0.29) is 5.91 Å². The first-order chi connectivity index (χ1) is 10.2. The Bertz CT molecular complexity index is 613. The van der Waals surface area contributed by atoms with Crippen molar-refractivity contribution in [2.24, 2.45) is 0 Å². The molecule has 112 valence electrons. The van der Waals surface area contributed by atoms with E-state index in [4.69, 9.17) is 0 Å². The summed E-state index contributed by atoms with van der Waals surface area (Å²) in [6.07, 6.45) is 2.83. The van der Waals surface area contributed by atoms with Crippen molar-refractivity contribution in [2.45, 2.75) is 20.3 Å². The van der Waals surface area contributed by atoms with Crippen LogP contribution in [0.1, 0.15) is 27.0 Å². The van der Waals surface area contributed by atoms with Crippen LogP contribution in [0.4, 0.5) is 5.13 Å². The lowest BCUT2D eigenvalue weighted by atomic mass is 10.2. The SMILES string of the molecule is CCc1sc(C(=O)N2CCN(c3nccs3)CC2)cc1C.